The van der Waals surface area contributed by atoms with Crippen LogP contribution in [0, 0.1) is 11.3 Å². The summed E-state index contributed by atoms with van der Waals surface area (Å²) in [6.07, 6.45) is 8.46. The van der Waals surface area contributed by atoms with Crippen LogP contribution in [0.25, 0.3) is 0 Å². The van der Waals surface area contributed by atoms with Crippen LogP contribution in [-0.4, -0.2) is 12.6 Å². The molecule has 15 heavy (non-hydrogen) atoms. The molecule has 0 heterocycles. The van der Waals surface area contributed by atoms with E-state index in [1.54, 1.807) is 0 Å². The summed E-state index contributed by atoms with van der Waals surface area (Å²) in [5, 5.41) is 3.77. The van der Waals surface area contributed by atoms with Crippen molar-refractivity contribution in [2.75, 3.05) is 6.54 Å². The third-order valence-electron chi connectivity index (χ3n) is 4.60. The Bertz CT molecular complexity index is 170. The van der Waals surface area contributed by atoms with Gasteiger partial charge in [-0.2, -0.15) is 0 Å². The molecule has 90 valence electrons. The second-order valence-corrected chi connectivity index (χ2v) is 5.34. The molecule has 0 amide bonds. The van der Waals surface area contributed by atoms with Gasteiger partial charge in [0.05, 0.1) is 0 Å². The highest BCUT2D eigenvalue weighted by molar-refractivity contribution is 4.95. The molecular weight excluding hydrogens is 182 g/mol. The van der Waals surface area contributed by atoms with Crippen molar-refractivity contribution < 1.29 is 0 Å². The Morgan fingerprint density at radius 1 is 1.13 bits per heavy atom. The van der Waals surface area contributed by atoms with Gasteiger partial charge in [-0.25, -0.2) is 0 Å². The van der Waals surface area contributed by atoms with Gasteiger partial charge in [-0.05, 0) is 37.1 Å². The highest BCUT2D eigenvalue weighted by Gasteiger charge is 2.41. The molecule has 1 heteroatoms. The van der Waals surface area contributed by atoms with Crippen molar-refractivity contribution >= 4 is 0 Å². The smallest absolute Gasteiger partial charge is 0.0149 e. The van der Waals surface area contributed by atoms with E-state index in [-0.39, 0.29) is 0 Å². The summed E-state index contributed by atoms with van der Waals surface area (Å²) in [6.45, 7) is 10.5. The van der Waals surface area contributed by atoms with Gasteiger partial charge in [0.2, 0.25) is 0 Å². The maximum absolute atomic E-state index is 3.77. The molecule has 1 aliphatic rings. The summed E-state index contributed by atoms with van der Waals surface area (Å²) < 4.78 is 0. The standard InChI is InChI=1S/C14H29N/c1-5-12(4)13(15-7-3)14(6-2)10-8-9-11-14/h12-13,15H,5-11H2,1-4H3. The zero-order chi connectivity index (χ0) is 11.3. The molecule has 1 nitrogen and oxygen atoms in total. The minimum absolute atomic E-state index is 0.617. The summed E-state index contributed by atoms with van der Waals surface area (Å²) in [6, 6.07) is 0.750. The van der Waals surface area contributed by atoms with E-state index >= 15 is 0 Å². The fourth-order valence-corrected chi connectivity index (χ4v) is 3.44. The molecule has 1 rings (SSSR count). The first-order chi connectivity index (χ1) is 7.20. The minimum atomic E-state index is 0.617. The van der Waals surface area contributed by atoms with Crippen LogP contribution in [-0.2, 0) is 0 Å². The predicted octanol–water partition coefficient (Wildman–Crippen LogP) is 3.98. The van der Waals surface area contributed by atoms with Gasteiger partial charge >= 0.3 is 0 Å². The van der Waals surface area contributed by atoms with Gasteiger partial charge in [0.25, 0.3) is 0 Å². The Labute approximate surface area is 96.0 Å². The van der Waals surface area contributed by atoms with Crippen molar-refractivity contribution in [3.8, 4) is 0 Å². The average molecular weight is 211 g/mol. The van der Waals surface area contributed by atoms with Crippen molar-refractivity contribution in [3.63, 3.8) is 0 Å². The molecule has 1 N–H and O–H groups in total. The van der Waals surface area contributed by atoms with E-state index < -0.39 is 0 Å². The predicted molar refractivity (Wildman–Crippen MR) is 68.1 cm³/mol. The summed E-state index contributed by atoms with van der Waals surface area (Å²) >= 11 is 0. The van der Waals surface area contributed by atoms with Crippen LogP contribution in [0.3, 0.4) is 0 Å². The molecule has 2 atom stereocenters. The molecule has 0 radical (unpaired) electrons. The molecule has 2 unspecified atom stereocenters. The minimum Gasteiger partial charge on any atom is -0.313 e. The molecule has 0 spiro atoms. The number of hydrogen-bond donors (Lipinski definition) is 1. The maximum atomic E-state index is 3.77. The second kappa shape index (κ2) is 5.89. The topological polar surface area (TPSA) is 12.0 Å². The van der Waals surface area contributed by atoms with Gasteiger partial charge < -0.3 is 5.32 Å². The summed E-state index contributed by atoms with van der Waals surface area (Å²) in [5.41, 5.74) is 0.617. The third kappa shape index (κ3) is 2.75. The van der Waals surface area contributed by atoms with Crippen LogP contribution in [0.5, 0.6) is 0 Å². The quantitative estimate of drug-likeness (QED) is 0.700. The van der Waals surface area contributed by atoms with Crippen molar-refractivity contribution in [1.29, 1.82) is 0 Å². The SMILES string of the molecule is CCNC(C(C)CC)C1(CC)CCCC1. The largest absolute Gasteiger partial charge is 0.313 e. The fraction of sp³-hybridized carbons (Fsp3) is 1.00. The first-order valence-electron chi connectivity index (χ1n) is 6.93. The van der Waals surface area contributed by atoms with Crippen LogP contribution in [0.2, 0.25) is 0 Å². The van der Waals surface area contributed by atoms with Crippen LogP contribution in [0.15, 0.2) is 0 Å². The number of rotatable bonds is 6. The van der Waals surface area contributed by atoms with Crippen molar-refractivity contribution in [3.05, 3.63) is 0 Å². The van der Waals surface area contributed by atoms with Crippen molar-refractivity contribution in [1.82, 2.24) is 5.32 Å². The zero-order valence-electron chi connectivity index (χ0n) is 11.1. The van der Waals surface area contributed by atoms with Crippen LogP contribution < -0.4 is 5.32 Å². The summed E-state index contributed by atoms with van der Waals surface area (Å²) in [7, 11) is 0. The van der Waals surface area contributed by atoms with Crippen LogP contribution in [0.4, 0.5) is 0 Å². The average Bonchev–Trinajstić information content (AvgIpc) is 2.74. The highest BCUT2D eigenvalue weighted by Crippen LogP contribution is 2.46. The first kappa shape index (κ1) is 13.0. The fourth-order valence-electron chi connectivity index (χ4n) is 3.44. The molecule has 1 aliphatic carbocycles. The highest BCUT2D eigenvalue weighted by atomic mass is 14.9. The van der Waals surface area contributed by atoms with Crippen LogP contribution in [0.1, 0.15) is 66.2 Å². The number of hydrogen-bond acceptors (Lipinski definition) is 1. The van der Waals surface area contributed by atoms with E-state index in [0.29, 0.717) is 5.41 Å². The lowest BCUT2D eigenvalue weighted by Crippen LogP contribution is -2.47. The van der Waals surface area contributed by atoms with Crippen molar-refractivity contribution in [2.24, 2.45) is 11.3 Å². The lowest BCUT2D eigenvalue weighted by Gasteiger charge is -2.41. The molecule has 1 fully saturated rings. The zero-order valence-corrected chi connectivity index (χ0v) is 11.1. The lowest BCUT2D eigenvalue weighted by molar-refractivity contribution is 0.138. The van der Waals surface area contributed by atoms with Gasteiger partial charge in [-0.15, -0.1) is 0 Å². The van der Waals surface area contributed by atoms with Gasteiger partial charge in [0, 0.05) is 6.04 Å². The van der Waals surface area contributed by atoms with Crippen molar-refractivity contribution in [2.45, 2.75) is 72.3 Å². The van der Waals surface area contributed by atoms with Gasteiger partial charge in [0.15, 0.2) is 0 Å². The monoisotopic (exact) mass is 211 g/mol. The van der Waals surface area contributed by atoms with E-state index in [1.165, 1.54) is 38.5 Å². The first-order valence-corrected chi connectivity index (χ1v) is 6.93. The Morgan fingerprint density at radius 2 is 1.73 bits per heavy atom. The third-order valence-corrected chi connectivity index (χ3v) is 4.60. The molecule has 0 aromatic heterocycles. The molecular formula is C14H29N. The van der Waals surface area contributed by atoms with E-state index in [0.717, 1.165) is 18.5 Å². The second-order valence-electron chi connectivity index (χ2n) is 5.34. The molecule has 0 saturated heterocycles. The molecule has 0 aromatic rings. The Morgan fingerprint density at radius 3 is 2.13 bits per heavy atom. The van der Waals surface area contributed by atoms with E-state index in [9.17, 15) is 0 Å². The summed E-state index contributed by atoms with van der Waals surface area (Å²) in [5.74, 6) is 0.822. The van der Waals surface area contributed by atoms with E-state index in [2.05, 4.69) is 33.0 Å². The normalized spacial score (nSPS) is 24.0. The van der Waals surface area contributed by atoms with E-state index in [4.69, 9.17) is 0 Å². The maximum Gasteiger partial charge on any atom is 0.0149 e. The van der Waals surface area contributed by atoms with E-state index in [1.807, 2.05) is 0 Å². The van der Waals surface area contributed by atoms with Crippen LogP contribution >= 0.6 is 0 Å². The van der Waals surface area contributed by atoms with Gasteiger partial charge in [-0.1, -0.05) is 47.0 Å². The summed E-state index contributed by atoms with van der Waals surface area (Å²) in [4.78, 5) is 0. The molecule has 0 aromatic carbocycles. The molecule has 1 saturated carbocycles. The van der Waals surface area contributed by atoms with Gasteiger partial charge in [0.1, 0.15) is 0 Å². The molecule has 0 bridgehead atoms. The van der Waals surface area contributed by atoms with Gasteiger partial charge in [-0.3, -0.25) is 0 Å². The Hall–Kier alpha value is -0.0400. The Kier molecular flexibility index (Phi) is 5.11. The molecule has 0 aliphatic heterocycles. The Balaban J connectivity index is 2.74. The number of nitrogens with one attached hydrogen (secondary N) is 1. The lowest BCUT2D eigenvalue weighted by atomic mass is 9.71.